The van der Waals surface area contributed by atoms with Crippen LogP contribution >= 0.6 is 15.9 Å². The maximum Gasteiger partial charge on any atom is 0.104 e. The first-order valence-corrected chi connectivity index (χ1v) is 6.13. The topological polar surface area (TPSA) is 22.4 Å². The fourth-order valence-electron chi connectivity index (χ4n) is 1.98. The molecule has 1 unspecified atom stereocenters. The van der Waals surface area contributed by atoms with Gasteiger partial charge in [0.15, 0.2) is 0 Å². The normalized spacial score (nSPS) is 27.8. The Morgan fingerprint density at radius 3 is 3.00 bits per heavy atom. The van der Waals surface area contributed by atoms with Gasteiger partial charge >= 0.3 is 0 Å². The average molecular weight is 259 g/mol. The lowest BCUT2D eigenvalue weighted by atomic mass is 9.81. The van der Waals surface area contributed by atoms with Crippen LogP contribution in [0.4, 0.5) is 0 Å². The van der Waals surface area contributed by atoms with Crippen LogP contribution in [0.3, 0.4) is 0 Å². The van der Waals surface area contributed by atoms with E-state index < -0.39 is 0 Å². The zero-order valence-corrected chi connectivity index (χ0v) is 9.76. The molecule has 1 aliphatic rings. The molecule has 3 heteroatoms. The maximum absolute atomic E-state index is 5.55. The zero-order chi connectivity index (χ0) is 9.86. The number of furan rings is 1. The molecule has 2 heterocycles. The molecular formula is C11H15BrO2. The highest BCUT2D eigenvalue weighted by Gasteiger charge is 2.32. The lowest BCUT2D eigenvalue weighted by Gasteiger charge is -2.34. The van der Waals surface area contributed by atoms with E-state index in [1.54, 1.807) is 6.26 Å². The Balaban J connectivity index is 2.04. The summed E-state index contributed by atoms with van der Waals surface area (Å²) in [6.07, 6.45) is 5.09. The van der Waals surface area contributed by atoms with E-state index in [1.165, 1.54) is 6.42 Å². The van der Waals surface area contributed by atoms with Crippen molar-refractivity contribution in [3.63, 3.8) is 0 Å². The summed E-state index contributed by atoms with van der Waals surface area (Å²) >= 11 is 3.59. The van der Waals surface area contributed by atoms with Crippen LogP contribution in [0.2, 0.25) is 0 Å². The molecule has 1 atom stereocenters. The van der Waals surface area contributed by atoms with Gasteiger partial charge in [0.05, 0.1) is 12.9 Å². The standard InChI is InChI=1S/C11H15BrO2/c12-8-11(4-2-5-13-9-11)7-10-3-1-6-14-10/h1,3,6H,2,4-5,7-9H2. The van der Waals surface area contributed by atoms with Crippen LogP contribution in [0.25, 0.3) is 0 Å². The lowest BCUT2D eigenvalue weighted by Crippen LogP contribution is -2.35. The predicted octanol–water partition coefficient (Wildman–Crippen LogP) is 3.01. The van der Waals surface area contributed by atoms with E-state index >= 15 is 0 Å². The summed E-state index contributed by atoms with van der Waals surface area (Å²) in [4.78, 5) is 0. The quantitative estimate of drug-likeness (QED) is 0.778. The van der Waals surface area contributed by atoms with E-state index in [-0.39, 0.29) is 5.41 Å². The van der Waals surface area contributed by atoms with Crippen molar-refractivity contribution in [1.82, 2.24) is 0 Å². The van der Waals surface area contributed by atoms with Crippen molar-refractivity contribution in [3.05, 3.63) is 24.2 Å². The van der Waals surface area contributed by atoms with Crippen molar-refractivity contribution in [1.29, 1.82) is 0 Å². The summed E-state index contributed by atoms with van der Waals surface area (Å²) in [5.41, 5.74) is 0.246. The third kappa shape index (κ3) is 2.20. The average Bonchev–Trinajstić information content (AvgIpc) is 2.72. The summed E-state index contributed by atoms with van der Waals surface area (Å²) in [5.74, 6) is 1.06. The van der Waals surface area contributed by atoms with E-state index in [4.69, 9.17) is 9.15 Å². The Hall–Kier alpha value is -0.280. The van der Waals surface area contributed by atoms with Crippen LogP contribution in [-0.2, 0) is 11.2 Å². The molecule has 0 spiro atoms. The molecule has 0 bridgehead atoms. The molecule has 0 radical (unpaired) electrons. The molecule has 1 aromatic rings. The fourth-order valence-corrected chi connectivity index (χ4v) is 2.63. The Kier molecular flexibility index (Phi) is 3.29. The second-order valence-electron chi connectivity index (χ2n) is 4.05. The first-order chi connectivity index (χ1) is 6.85. The first-order valence-electron chi connectivity index (χ1n) is 5.01. The molecule has 1 aliphatic heterocycles. The van der Waals surface area contributed by atoms with Gasteiger partial charge in [-0.15, -0.1) is 0 Å². The van der Waals surface area contributed by atoms with Crippen LogP contribution < -0.4 is 0 Å². The van der Waals surface area contributed by atoms with Crippen LogP contribution in [0, 0.1) is 5.41 Å². The molecule has 0 N–H and O–H groups in total. The van der Waals surface area contributed by atoms with Gasteiger partial charge in [-0.05, 0) is 25.0 Å². The highest BCUT2D eigenvalue weighted by atomic mass is 79.9. The van der Waals surface area contributed by atoms with Crippen molar-refractivity contribution in [2.24, 2.45) is 5.41 Å². The van der Waals surface area contributed by atoms with Crippen LogP contribution in [0.15, 0.2) is 22.8 Å². The van der Waals surface area contributed by atoms with Gasteiger partial charge < -0.3 is 9.15 Å². The van der Waals surface area contributed by atoms with Crippen LogP contribution in [-0.4, -0.2) is 18.5 Å². The zero-order valence-electron chi connectivity index (χ0n) is 8.17. The molecule has 2 rings (SSSR count). The highest BCUT2D eigenvalue weighted by Crippen LogP contribution is 2.34. The molecule has 1 saturated heterocycles. The minimum atomic E-state index is 0.246. The number of alkyl halides is 1. The van der Waals surface area contributed by atoms with Gasteiger partial charge in [-0.3, -0.25) is 0 Å². The third-order valence-electron chi connectivity index (χ3n) is 2.82. The van der Waals surface area contributed by atoms with Crippen LogP contribution in [0.5, 0.6) is 0 Å². The number of ether oxygens (including phenoxy) is 1. The van der Waals surface area contributed by atoms with Gasteiger partial charge in [0.1, 0.15) is 5.76 Å². The van der Waals surface area contributed by atoms with Gasteiger partial charge in [0, 0.05) is 23.8 Å². The first kappa shape index (κ1) is 10.2. The van der Waals surface area contributed by atoms with Gasteiger partial charge in [0.25, 0.3) is 0 Å². The minimum Gasteiger partial charge on any atom is -0.469 e. The van der Waals surface area contributed by atoms with Crippen LogP contribution in [0.1, 0.15) is 18.6 Å². The predicted molar refractivity (Wildman–Crippen MR) is 58.7 cm³/mol. The SMILES string of the molecule is BrCC1(Cc2ccco2)CCCOC1. The Bertz CT molecular complexity index is 263. The number of halogens is 1. The van der Waals surface area contributed by atoms with E-state index in [0.717, 1.165) is 37.1 Å². The van der Waals surface area contributed by atoms with Crippen molar-refractivity contribution in [2.75, 3.05) is 18.5 Å². The largest absolute Gasteiger partial charge is 0.469 e. The second-order valence-corrected chi connectivity index (χ2v) is 4.61. The monoisotopic (exact) mass is 258 g/mol. The lowest BCUT2D eigenvalue weighted by molar-refractivity contribution is 0.00376. The molecular weight excluding hydrogens is 244 g/mol. The Morgan fingerprint density at radius 1 is 1.50 bits per heavy atom. The summed E-state index contributed by atoms with van der Waals surface area (Å²) in [7, 11) is 0. The van der Waals surface area contributed by atoms with Gasteiger partial charge in [0.2, 0.25) is 0 Å². The smallest absolute Gasteiger partial charge is 0.104 e. The molecule has 0 saturated carbocycles. The molecule has 0 amide bonds. The fraction of sp³-hybridized carbons (Fsp3) is 0.636. The Morgan fingerprint density at radius 2 is 2.43 bits per heavy atom. The molecule has 1 aromatic heterocycles. The van der Waals surface area contributed by atoms with E-state index in [0.29, 0.717) is 0 Å². The summed E-state index contributed by atoms with van der Waals surface area (Å²) in [6, 6.07) is 3.99. The number of hydrogen-bond donors (Lipinski definition) is 0. The Labute approximate surface area is 92.8 Å². The molecule has 14 heavy (non-hydrogen) atoms. The van der Waals surface area contributed by atoms with Crippen molar-refractivity contribution < 1.29 is 9.15 Å². The summed E-state index contributed by atoms with van der Waals surface area (Å²) in [6.45, 7) is 1.76. The van der Waals surface area contributed by atoms with E-state index in [2.05, 4.69) is 15.9 Å². The van der Waals surface area contributed by atoms with E-state index in [1.807, 2.05) is 12.1 Å². The van der Waals surface area contributed by atoms with Gasteiger partial charge in [-0.2, -0.15) is 0 Å². The summed E-state index contributed by atoms with van der Waals surface area (Å²) in [5, 5.41) is 0.987. The molecule has 1 fully saturated rings. The number of rotatable bonds is 3. The van der Waals surface area contributed by atoms with Gasteiger partial charge in [-0.25, -0.2) is 0 Å². The molecule has 0 aliphatic carbocycles. The second kappa shape index (κ2) is 4.49. The molecule has 2 nitrogen and oxygen atoms in total. The van der Waals surface area contributed by atoms with Crippen molar-refractivity contribution in [2.45, 2.75) is 19.3 Å². The maximum atomic E-state index is 5.55. The van der Waals surface area contributed by atoms with E-state index in [9.17, 15) is 0 Å². The van der Waals surface area contributed by atoms with Gasteiger partial charge in [-0.1, -0.05) is 15.9 Å². The summed E-state index contributed by atoms with van der Waals surface area (Å²) < 4.78 is 10.9. The minimum absolute atomic E-state index is 0.246. The molecule has 78 valence electrons. The van der Waals surface area contributed by atoms with Crippen molar-refractivity contribution in [3.8, 4) is 0 Å². The van der Waals surface area contributed by atoms with Crippen molar-refractivity contribution >= 4 is 15.9 Å². The third-order valence-corrected chi connectivity index (χ3v) is 4.01. The molecule has 0 aromatic carbocycles. The highest BCUT2D eigenvalue weighted by molar-refractivity contribution is 9.09. The number of hydrogen-bond acceptors (Lipinski definition) is 2.